The van der Waals surface area contributed by atoms with E-state index in [0.717, 1.165) is 0 Å². The average molecular weight is 127 g/mol. The molecule has 3 N–H and O–H groups in total. The molecule has 0 rings (SSSR count). The Morgan fingerprint density at radius 1 is 1.88 bits per heavy atom. The van der Waals surface area contributed by atoms with Gasteiger partial charge in [0, 0.05) is 4.48 Å². The zero-order chi connectivity index (χ0) is 6.73. The van der Waals surface area contributed by atoms with Gasteiger partial charge in [0.1, 0.15) is 0 Å². The quantitative estimate of drug-likeness (QED) is 0.148. The molecule has 0 aliphatic heterocycles. The predicted molar refractivity (Wildman–Crippen MR) is 18.7 cm³/mol. The van der Waals surface area contributed by atoms with Gasteiger partial charge in [0.05, 0.1) is 5.29 Å². The first-order valence-electron chi connectivity index (χ1n) is 1.46. The fourth-order valence-corrected chi connectivity index (χ4v) is 0.0649. The molecule has 0 aromatic rings. The molecule has 5 nitrogen and oxygen atoms in total. The molecule has 8 heavy (non-hydrogen) atoms. The molecule has 0 radical (unpaired) electrons. The molecule has 0 amide bonds. The van der Waals surface area contributed by atoms with Gasteiger partial charge >= 0.3 is 5.96 Å². The fraction of sp³-hybridized carbons (Fsp3) is 0. The Morgan fingerprint density at radius 2 is 2.25 bits per heavy atom. The summed E-state index contributed by atoms with van der Waals surface area (Å²) in [4.78, 5) is -1.51. The summed E-state index contributed by atoms with van der Waals surface area (Å²) >= 11 is 0. The van der Waals surface area contributed by atoms with Gasteiger partial charge in [-0.05, 0) is 4.48 Å². The van der Waals surface area contributed by atoms with Gasteiger partial charge in [-0.25, -0.2) is 0 Å². The van der Waals surface area contributed by atoms with Crippen LogP contribution in [0.4, 0.5) is 8.96 Å². The second kappa shape index (κ2) is 2.26. The molecule has 0 fully saturated rings. The standard InChI is InChI=1S/CH3F2N3O2/c2-5(7)1(4)6(3)8/h7H,4H2. The number of nitrogens with two attached hydrogens (primary N) is 1. The number of hydrogen-bond donors (Lipinski definition) is 2. The molecule has 0 atom stereocenters. The van der Waals surface area contributed by atoms with E-state index < -0.39 is 16.2 Å². The van der Waals surface area contributed by atoms with Crippen molar-refractivity contribution in [3.05, 3.63) is 5.21 Å². The summed E-state index contributed by atoms with van der Waals surface area (Å²) in [5.74, 6) is -1.56. The van der Waals surface area contributed by atoms with Crippen molar-refractivity contribution >= 4 is 5.96 Å². The molecule has 0 aromatic carbocycles. The Hall–Kier alpha value is -1.11. The third-order valence-electron chi connectivity index (χ3n) is 0.369. The summed E-state index contributed by atoms with van der Waals surface area (Å²) in [6, 6.07) is 0. The minimum atomic E-state index is -1.56. The van der Waals surface area contributed by atoms with Crippen molar-refractivity contribution in [3.63, 3.8) is 0 Å². The first kappa shape index (κ1) is 6.89. The fourth-order valence-electron chi connectivity index (χ4n) is 0.0649. The molecule has 48 valence electrons. The molecule has 0 spiro atoms. The Labute approximate surface area is 42.6 Å². The van der Waals surface area contributed by atoms with Crippen molar-refractivity contribution < 1.29 is 19.1 Å². The van der Waals surface area contributed by atoms with E-state index in [1.165, 1.54) is 0 Å². The lowest BCUT2D eigenvalue weighted by atomic mass is 11.1. The van der Waals surface area contributed by atoms with E-state index in [4.69, 9.17) is 5.21 Å². The van der Waals surface area contributed by atoms with Crippen LogP contribution in [0.5, 0.6) is 0 Å². The first-order chi connectivity index (χ1) is 3.55. The number of rotatable bonds is 0. The maximum absolute atomic E-state index is 11.1. The molecule has 0 aliphatic carbocycles. The number of guanidine groups is 1. The zero-order valence-electron chi connectivity index (χ0n) is 3.58. The smallest absolute Gasteiger partial charge is 0.444 e. The second-order valence-electron chi connectivity index (χ2n) is 0.863. The highest BCUT2D eigenvalue weighted by Crippen LogP contribution is 1.79. The number of hydrogen-bond acceptors (Lipinski definition) is 2. The molecular formula is CH3F2N3O2. The van der Waals surface area contributed by atoms with Crippen LogP contribution < -0.4 is 5.73 Å². The van der Waals surface area contributed by atoms with Crippen LogP contribution in [0, 0.1) is 5.21 Å². The largest absolute Gasteiger partial charge is 0.713 e. The minimum absolute atomic E-state index is 1.33. The van der Waals surface area contributed by atoms with E-state index in [2.05, 4.69) is 5.73 Å². The van der Waals surface area contributed by atoms with E-state index in [0.29, 0.717) is 0 Å². The van der Waals surface area contributed by atoms with Crippen LogP contribution in [0.2, 0.25) is 0 Å². The van der Waals surface area contributed by atoms with Crippen LogP contribution in [-0.2, 0) is 0 Å². The van der Waals surface area contributed by atoms with Crippen LogP contribution >= 0.6 is 0 Å². The molecular weight excluding hydrogens is 124 g/mol. The van der Waals surface area contributed by atoms with E-state index in [-0.39, 0.29) is 0 Å². The highest BCUT2D eigenvalue weighted by atomic mass is 19.2. The first-order valence-corrected chi connectivity index (χ1v) is 1.46. The summed E-state index contributed by atoms with van der Waals surface area (Å²) in [7, 11) is 0. The summed E-state index contributed by atoms with van der Waals surface area (Å²) in [5, 5.41) is 15.4. The van der Waals surface area contributed by atoms with E-state index in [9.17, 15) is 14.2 Å². The molecule has 7 heteroatoms. The Morgan fingerprint density at radius 3 is 2.25 bits per heavy atom. The van der Waals surface area contributed by atoms with Crippen LogP contribution in [-0.4, -0.2) is 21.4 Å². The van der Waals surface area contributed by atoms with Crippen LogP contribution in [0.1, 0.15) is 0 Å². The topological polar surface area (TPSA) is 75.6 Å². The van der Waals surface area contributed by atoms with Crippen LogP contribution in [0.3, 0.4) is 0 Å². The zero-order valence-corrected chi connectivity index (χ0v) is 3.58. The number of nitrogens with zero attached hydrogens (tertiary/aromatic N) is 2. The van der Waals surface area contributed by atoms with Gasteiger partial charge in [0.25, 0.3) is 0 Å². The van der Waals surface area contributed by atoms with Crippen molar-refractivity contribution in [1.82, 2.24) is 5.29 Å². The second-order valence-corrected chi connectivity index (χ2v) is 0.863. The van der Waals surface area contributed by atoms with Gasteiger partial charge in [-0.3, -0.25) is 5.73 Å². The summed E-state index contributed by atoms with van der Waals surface area (Å²) < 4.78 is 22.1. The maximum atomic E-state index is 11.1. The minimum Gasteiger partial charge on any atom is -0.713 e. The lowest BCUT2D eigenvalue weighted by molar-refractivity contribution is -0.662. The van der Waals surface area contributed by atoms with Gasteiger partial charge in [0.2, 0.25) is 0 Å². The normalized spacial score (nSPS) is 12.9. The van der Waals surface area contributed by atoms with Gasteiger partial charge in [-0.1, -0.05) is 4.96 Å². The van der Waals surface area contributed by atoms with Gasteiger partial charge in [0.15, 0.2) is 0 Å². The highest BCUT2D eigenvalue weighted by molar-refractivity contribution is 5.70. The van der Waals surface area contributed by atoms with Gasteiger partial charge in [-0.15, -0.1) is 0 Å². The Bertz CT molecular complexity index is 108. The number of halogens is 2. The molecule has 0 bridgehead atoms. The van der Waals surface area contributed by atoms with Crippen molar-refractivity contribution in [2.24, 2.45) is 5.73 Å². The number of hydroxylamine groups is 1. The summed E-state index contributed by atoms with van der Waals surface area (Å²) in [6.07, 6.45) is 0. The summed E-state index contributed by atoms with van der Waals surface area (Å²) in [6.45, 7) is 0. The Kier molecular flexibility index (Phi) is 1.95. The van der Waals surface area contributed by atoms with Crippen molar-refractivity contribution in [2.75, 3.05) is 0 Å². The third-order valence-corrected chi connectivity index (χ3v) is 0.369. The van der Waals surface area contributed by atoms with E-state index >= 15 is 0 Å². The SMILES string of the molecule is NC(N(O)F)=[N+]([O-])F. The van der Waals surface area contributed by atoms with Gasteiger partial charge < -0.3 is 5.21 Å². The molecule has 0 heterocycles. The van der Waals surface area contributed by atoms with Crippen molar-refractivity contribution in [2.45, 2.75) is 0 Å². The van der Waals surface area contributed by atoms with Crippen molar-refractivity contribution in [3.8, 4) is 0 Å². The van der Waals surface area contributed by atoms with Gasteiger partial charge in [-0.2, -0.15) is 5.21 Å². The van der Waals surface area contributed by atoms with E-state index in [1.54, 1.807) is 0 Å². The van der Waals surface area contributed by atoms with Crippen LogP contribution in [0.25, 0.3) is 0 Å². The summed E-state index contributed by atoms with van der Waals surface area (Å²) in [5.41, 5.74) is 4.22. The maximum Gasteiger partial charge on any atom is 0.444 e. The molecule has 0 unspecified atom stereocenters. The third kappa shape index (κ3) is 1.56. The van der Waals surface area contributed by atoms with E-state index in [1.807, 2.05) is 0 Å². The lowest BCUT2D eigenvalue weighted by Gasteiger charge is -1.98. The van der Waals surface area contributed by atoms with Crippen molar-refractivity contribution in [1.29, 1.82) is 0 Å². The monoisotopic (exact) mass is 127 g/mol. The molecule has 0 aromatic heterocycles. The molecule has 0 aliphatic rings. The van der Waals surface area contributed by atoms with Crippen LogP contribution in [0.15, 0.2) is 0 Å². The highest BCUT2D eigenvalue weighted by Gasteiger charge is 2.11. The lowest BCUT2D eigenvalue weighted by Crippen LogP contribution is -2.33. The Balaban J connectivity index is 4.00. The average Bonchev–Trinajstić information content (AvgIpc) is 1.64. The predicted octanol–water partition coefficient (Wildman–Crippen LogP) is -0.728. The molecule has 0 saturated heterocycles. The molecule has 0 saturated carbocycles.